The topological polar surface area (TPSA) is 59.9 Å². The van der Waals surface area contributed by atoms with Crippen LogP contribution in [-0.2, 0) is 9.63 Å². The molecule has 0 aliphatic rings. The molecule has 0 fully saturated rings. The van der Waals surface area contributed by atoms with Crippen molar-refractivity contribution in [2.75, 3.05) is 18.5 Å². The second kappa shape index (κ2) is 8.80. The van der Waals surface area contributed by atoms with Gasteiger partial charge < -0.3 is 14.9 Å². The van der Waals surface area contributed by atoms with Crippen LogP contribution in [0.15, 0.2) is 53.7 Å². The first-order valence-electron chi connectivity index (χ1n) is 7.11. The van der Waals surface area contributed by atoms with Crippen molar-refractivity contribution in [3.63, 3.8) is 0 Å². The fourth-order valence-electron chi connectivity index (χ4n) is 1.77. The molecule has 0 saturated carbocycles. The van der Waals surface area contributed by atoms with Crippen LogP contribution in [0.2, 0.25) is 5.02 Å². The van der Waals surface area contributed by atoms with E-state index in [9.17, 15) is 4.79 Å². The van der Waals surface area contributed by atoms with Gasteiger partial charge in [-0.3, -0.25) is 4.79 Å². The lowest BCUT2D eigenvalue weighted by molar-refractivity contribution is -0.120. The van der Waals surface area contributed by atoms with Crippen LogP contribution in [0.1, 0.15) is 12.5 Å². The number of halogens is 1. The molecule has 5 nitrogen and oxygen atoms in total. The van der Waals surface area contributed by atoms with E-state index in [1.165, 1.54) is 6.21 Å². The molecule has 0 aromatic heterocycles. The summed E-state index contributed by atoms with van der Waals surface area (Å²) in [6, 6.07) is 14.3. The molecule has 1 N–H and O–H groups in total. The van der Waals surface area contributed by atoms with Crippen LogP contribution in [0, 0.1) is 0 Å². The molecule has 0 heterocycles. The van der Waals surface area contributed by atoms with Gasteiger partial charge in [0.1, 0.15) is 5.75 Å². The van der Waals surface area contributed by atoms with Crippen molar-refractivity contribution >= 4 is 29.4 Å². The Morgan fingerprint density at radius 3 is 2.74 bits per heavy atom. The number of hydrogen-bond acceptors (Lipinski definition) is 4. The number of benzene rings is 2. The summed E-state index contributed by atoms with van der Waals surface area (Å²) in [7, 11) is 0. The molecule has 120 valence electrons. The summed E-state index contributed by atoms with van der Waals surface area (Å²) >= 11 is 5.84. The lowest BCUT2D eigenvalue weighted by atomic mass is 10.2. The lowest BCUT2D eigenvalue weighted by Crippen LogP contribution is -2.16. The summed E-state index contributed by atoms with van der Waals surface area (Å²) < 4.78 is 5.34. The Morgan fingerprint density at radius 2 is 2.04 bits per heavy atom. The van der Waals surface area contributed by atoms with Gasteiger partial charge in [-0.2, -0.15) is 0 Å². The van der Waals surface area contributed by atoms with Crippen molar-refractivity contribution in [1.82, 2.24) is 0 Å². The van der Waals surface area contributed by atoms with Gasteiger partial charge in [0.05, 0.1) is 12.8 Å². The zero-order valence-corrected chi connectivity index (χ0v) is 13.4. The number of amides is 1. The van der Waals surface area contributed by atoms with E-state index in [0.717, 1.165) is 11.3 Å². The molecular weight excluding hydrogens is 316 g/mol. The first-order valence-corrected chi connectivity index (χ1v) is 7.49. The van der Waals surface area contributed by atoms with Crippen LogP contribution in [0.4, 0.5) is 5.69 Å². The minimum Gasteiger partial charge on any atom is -0.494 e. The molecule has 0 spiro atoms. The van der Waals surface area contributed by atoms with Gasteiger partial charge in [-0.15, -0.1) is 0 Å². The predicted octanol–water partition coefficient (Wildman–Crippen LogP) is 3.73. The Bertz CT molecular complexity index is 672. The van der Waals surface area contributed by atoms with E-state index in [1.807, 2.05) is 31.2 Å². The van der Waals surface area contributed by atoms with Crippen LogP contribution >= 0.6 is 11.6 Å². The van der Waals surface area contributed by atoms with Crippen molar-refractivity contribution in [3.05, 3.63) is 59.1 Å². The fourth-order valence-corrected chi connectivity index (χ4v) is 1.96. The molecule has 6 heteroatoms. The molecule has 23 heavy (non-hydrogen) atoms. The van der Waals surface area contributed by atoms with E-state index >= 15 is 0 Å². The SMILES string of the molecule is CCOc1ccc(/C=N\OCC(=O)Nc2cccc(Cl)c2)cc1. The zero-order chi connectivity index (χ0) is 16.5. The largest absolute Gasteiger partial charge is 0.494 e. The van der Waals surface area contributed by atoms with E-state index in [4.69, 9.17) is 21.2 Å². The van der Waals surface area contributed by atoms with Crippen LogP contribution in [0.3, 0.4) is 0 Å². The van der Waals surface area contributed by atoms with Crippen LogP contribution in [0.25, 0.3) is 0 Å². The average molecular weight is 333 g/mol. The Hall–Kier alpha value is -2.53. The van der Waals surface area contributed by atoms with E-state index in [1.54, 1.807) is 24.3 Å². The van der Waals surface area contributed by atoms with Gasteiger partial charge in [0, 0.05) is 10.7 Å². The Kier molecular flexibility index (Phi) is 6.44. The third-order valence-electron chi connectivity index (χ3n) is 2.77. The van der Waals surface area contributed by atoms with Gasteiger partial charge >= 0.3 is 0 Å². The van der Waals surface area contributed by atoms with Crippen molar-refractivity contribution in [3.8, 4) is 5.75 Å². The predicted molar refractivity (Wildman–Crippen MR) is 91.2 cm³/mol. The molecular formula is C17H17ClN2O3. The summed E-state index contributed by atoms with van der Waals surface area (Å²) in [5, 5.41) is 6.98. The molecule has 0 saturated heterocycles. The van der Waals surface area contributed by atoms with E-state index in [0.29, 0.717) is 17.3 Å². The molecule has 2 aromatic rings. The second-order valence-corrected chi connectivity index (χ2v) is 5.00. The first-order chi connectivity index (χ1) is 11.2. The summed E-state index contributed by atoms with van der Waals surface area (Å²) in [6.07, 6.45) is 1.53. The van der Waals surface area contributed by atoms with Gasteiger partial charge in [0.2, 0.25) is 0 Å². The molecule has 0 aliphatic carbocycles. The third kappa shape index (κ3) is 6.00. The van der Waals surface area contributed by atoms with E-state index < -0.39 is 0 Å². The van der Waals surface area contributed by atoms with Gasteiger partial charge in [-0.1, -0.05) is 22.8 Å². The average Bonchev–Trinajstić information content (AvgIpc) is 2.53. The molecule has 0 bridgehead atoms. The number of anilines is 1. The Balaban J connectivity index is 1.76. The first kappa shape index (κ1) is 16.8. The molecule has 0 unspecified atom stereocenters. The highest BCUT2D eigenvalue weighted by atomic mass is 35.5. The normalized spacial score (nSPS) is 10.5. The number of carbonyl (C=O) groups excluding carboxylic acids is 1. The van der Waals surface area contributed by atoms with Crippen molar-refractivity contribution in [2.24, 2.45) is 5.16 Å². The quantitative estimate of drug-likeness (QED) is 0.621. The van der Waals surface area contributed by atoms with Crippen LogP contribution < -0.4 is 10.1 Å². The van der Waals surface area contributed by atoms with Crippen molar-refractivity contribution in [2.45, 2.75) is 6.92 Å². The number of nitrogens with zero attached hydrogens (tertiary/aromatic N) is 1. The van der Waals surface area contributed by atoms with Crippen molar-refractivity contribution < 1.29 is 14.4 Å². The standard InChI is InChI=1S/C17H17ClN2O3/c1-2-22-16-8-6-13(7-9-16)11-19-23-12-17(21)20-15-5-3-4-14(18)10-15/h3-11H,2,12H2,1H3,(H,20,21)/b19-11-. The highest BCUT2D eigenvalue weighted by Gasteiger charge is 2.02. The maximum atomic E-state index is 11.7. The smallest absolute Gasteiger partial charge is 0.265 e. The molecule has 0 atom stereocenters. The third-order valence-corrected chi connectivity index (χ3v) is 3.01. The number of carbonyl (C=O) groups is 1. The summed E-state index contributed by atoms with van der Waals surface area (Å²) in [5.41, 5.74) is 1.46. The molecule has 2 rings (SSSR count). The highest BCUT2D eigenvalue weighted by Crippen LogP contribution is 2.14. The van der Waals surface area contributed by atoms with Crippen molar-refractivity contribution in [1.29, 1.82) is 0 Å². The minimum absolute atomic E-state index is 0.181. The number of hydrogen-bond donors (Lipinski definition) is 1. The second-order valence-electron chi connectivity index (χ2n) is 4.57. The number of oxime groups is 1. The van der Waals surface area contributed by atoms with Gasteiger partial charge in [0.25, 0.3) is 5.91 Å². The van der Waals surface area contributed by atoms with Gasteiger partial charge in [0.15, 0.2) is 6.61 Å². The summed E-state index contributed by atoms with van der Waals surface area (Å²) in [6.45, 7) is 2.37. The minimum atomic E-state index is -0.309. The number of rotatable bonds is 7. The van der Waals surface area contributed by atoms with Gasteiger partial charge in [-0.25, -0.2) is 0 Å². The highest BCUT2D eigenvalue weighted by molar-refractivity contribution is 6.30. The zero-order valence-electron chi connectivity index (χ0n) is 12.7. The number of ether oxygens (including phenoxy) is 1. The Labute approximate surface area is 139 Å². The molecule has 0 radical (unpaired) electrons. The van der Waals surface area contributed by atoms with E-state index in [-0.39, 0.29) is 12.5 Å². The summed E-state index contributed by atoms with van der Waals surface area (Å²) in [4.78, 5) is 16.7. The summed E-state index contributed by atoms with van der Waals surface area (Å²) in [5.74, 6) is 0.488. The van der Waals surface area contributed by atoms with Crippen LogP contribution in [0.5, 0.6) is 5.75 Å². The maximum Gasteiger partial charge on any atom is 0.265 e. The van der Waals surface area contributed by atoms with E-state index in [2.05, 4.69) is 10.5 Å². The number of nitrogens with one attached hydrogen (secondary N) is 1. The maximum absolute atomic E-state index is 11.7. The molecule has 2 aromatic carbocycles. The monoisotopic (exact) mass is 332 g/mol. The van der Waals surface area contributed by atoms with Gasteiger partial charge in [-0.05, 0) is 55.0 Å². The fraction of sp³-hybridized carbons (Fsp3) is 0.176. The Morgan fingerprint density at radius 1 is 1.26 bits per heavy atom. The lowest BCUT2D eigenvalue weighted by Gasteiger charge is -2.04. The molecule has 1 amide bonds. The van der Waals surface area contributed by atoms with Crippen LogP contribution in [-0.4, -0.2) is 25.3 Å². The molecule has 0 aliphatic heterocycles.